The van der Waals surface area contributed by atoms with Crippen molar-refractivity contribution >= 4 is 27.6 Å². The fourth-order valence-corrected chi connectivity index (χ4v) is 6.00. The summed E-state index contributed by atoms with van der Waals surface area (Å²) >= 11 is 0. The number of carboxylic acids is 1. The van der Waals surface area contributed by atoms with E-state index in [1.807, 2.05) is 0 Å². The second kappa shape index (κ2) is 9.82. The molecule has 0 amide bonds. The molecule has 2 fully saturated rings. The molecular formula is C27H27F3N4O4S. The van der Waals surface area contributed by atoms with Gasteiger partial charge in [0.25, 0.3) is 10.0 Å². The van der Waals surface area contributed by atoms with Gasteiger partial charge in [-0.25, -0.2) is 18.4 Å². The van der Waals surface area contributed by atoms with Crippen LogP contribution in [-0.4, -0.2) is 42.6 Å². The molecule has 206 valence electrons. The SMILES string of the molecule is C[C@@]1(C(=O)O)CCCN(c2cc(S(=O)(=O)Nc3cc(-c4ccccc4C4CC4)c(C(F)(F)F)cn3)ccn2)C1. The maximum absolute atomic E-state index is 13.9. The molecule has 3 heterocycles. The zero-order chi connectivity index (χ0) is 28.0. The first-order valence-corrected chi connectivity index (χ1v) is 14.0. The Morgan fingerprint density at radius 2 is 1.87 bits per heavy atom. The summed E-state index contributed by atoms with van der Waals surface area (Å²) in [5.41, 5.74) is -0.903. The van der Waals surface area contributed by atoms with E-state index in [4.69, 9.17) is 0 Å². The minimum absolute atomic E-state index is 0.144. The van der Waals surface area contributed by atoms with E-state index in [0.29, 0.717) is 37.0 Å². The third-order valence-corrected chi connectivity index (χ3v) is 8.63. The number of carbonyl (C=O) groups is 1. The lowest BCUT2D eigenvalue weighted by Crippen LogP contribution is -2.46. The molecule has 0 unspecified atom stereocenters. The van der Waals surface area contributed by atoms with Gasteiger partial charge in [0.15, 0.2) is 0 Å². The van der Waals surface area contributed by atoms with Crippen molar-refractivity contribution in [2.75, 3.05) is 22.7 Å². The molecule has 12 heteroatoms. The molecule has 1 atom stereocenters. The fraction of sp³-hybridized carbons (Fsp3) is 0.370. The number of halogens is 3. The Balaban J connectivity index is 1.47. The maximum atomic E-state index is 13.9. The third-order valence-electron chi connectivity index (χ3n) is 7.28. The molecule has 1 aliphatic heterocycles. The van der Waals surface area contributed by atoms with Crippen LogP contribution in [0.1, 0.15) is 49.7 Å². The first kappa shape index (κ1) is 26.9. The summed E-state index contributed by atoms with van der Waals surface area (Å²) < 4.78 is 70.6. The van der Waals surface area contributed by atoms with Gasteiger partial charge in [0.05, 0.1) is 15.9 Å². The number of hydrogen-bond acceptors (Lipinski definition) is 6. The van der Waals surface area contributed by atoms with Gasteiger partial charge < -0.3 is 10.0 Å². The molecular weight excluding hydrogens is 533 g/mol. The Bertz CT molecular complexity index is 1530. The van der Waals surface area contributed by atoms with E-state index in [1.54, 1.807) is 36.1 Å². The summed E-state index contributed by atoms with van der Waals surface area (Å²) in [6.07, 6.45) is 0.120. The average Bonchev–Trinajstić information content (AvgIpc) is 3.73. The molecule has 1 aromatic carbocycles. The van der Waals surface area contributed by atoms with Gasteiger partial charge in [-0.05, 0) is 67.3 Å². The summed E-state index contributed by atoms with van der Waals surface area (Å²) in [5.74, 6) is -0.725. The molecule has 2 aromatic heterocycles. The summed E-state index contributed by atoms with van der Waals surface area (Å²) in [6, 6.07) is 10.5. The van der Waals surface area contributed by atoms with Gasteiger partial charge in [0, 0.05) is 31.5 Å². The number of aliphatic carboxylic acids is 1. The Hall–Kier alpha value is -3.67. The third kappa shape index (κ3) is 5.56. The number of alkyl halides is 3. The lowest BCUT2D eigenvalue weighted by Gasteiger charge is -2.38. The number of benzene rings is 1. The number of hydrogen-bond donors (Lipinski definition) is 2. The number of nitrogens with zero attached hydrogens (tertiary/aromatic N) is 3. The number of sulfonamides is 1. The van der Waals surface area contributed by atoms with Crippen LogP contribution < -0.4 is 9.62 Å². The molecule has 0 spiro atoms. The molecule has 39 heavy (non-hydrogen) atoms. The van der Waals surface area contributed by atoms with Gasteiger partial charge in [-0.2, -0.15) is 13.2 Å². The van der Waals surface area contributed by atoms with E-state index in [2.05, 4.69) is 14.7 Å². The summed E-state index contributed by atoms with van der Waals surface area (Å²) in [7, 11) is -4.26. The maximum Gasteiger partial charge on any atom is 0.418 e. The smallest absolute Gasteiger partial charge is 0.418 e. The van der Waals surface area contributed by atoms with E-state index in [-0.39, 0.29) is 28.7 Å². The lowest BCUT2D eigenvalue weighted by molar-refractivity contribution is -0.148. The van der Waals surface area contributed by atoms with Gasteiger partial charge >= 0.3 is 12.1 Å². The van der Waals surface area contributed by atoms with Crippen molar-refractivity contribution in [1.29, 1.82) is 0 Å². The fourth-order valence-electron chi connectivity index (χ4n) is 5.00. The average molecular weight is 561 g/mol. The minimum Gasteiger partial charge on any atom is -0.481 e. The molecule has 1 aliphatic carbocycles. The number of nitrogens with one attached hydrogen (secondary N) is 1. The zero-order valence-corrected chi connectivity index (χ0v) is 21.9. The predicted octanol–water partition coefficient (Wildman–Crippen LogP) is 5.53. The topological polar surface area (TPSA) is 112 Å². The molecule has 5 rings (SSSR count). The highest BCUT2D eigenvalue weighted by atomic mass is 32.2. The Morgan fingerprint density at radius 3 is 2.56 bits per heavy atom. The molecule has 1 saturated carbocycles. The monoisotopic (exact) mass is 560 g/mol. The number of rotatable bonds is 7. The normalized spacial score (nSPS) is 20.1. The van der Waals surface area contributed by atoms with Gasteiger partial charge in [-0.3, -0.25) is 9.52 Å². The summed E-state index contributed by atoms with van der Waals surface area (Å²) in [6.45, 7) is 2.31. The first-order valence-electron chi connectivity index (χ1n) is 12.5. The standard InChI is InChI=1S/C27H27F3N4O4S/c1-26(25(35)36)10-4-12-34(16-26)24-13-18(9-11-31-24)39(37,38)33-23-14-21(22(15-32-23)27(28,29)30)20-6-3-2-5-19(20)17-7-8-17/h2-3,5-6,9,11,13-15,17H,4,7-8,10,12,16H2,1H3,(H,32,33)(H,35,36)/t26-/m1/s1. The number of carboxylic acid groups (broad SMARTS) is 1. The molecule has 0 bridgehead atoms. The van der Waals surface area contributed by atoms with Crippen molar-refractivity contribution in [3.05, 3.63) is 66.0 Å². The molecule has 0 radical (unpaired) electrons. The van der Waals surface area contributed by atoms with Crippen LogP contribution >= 0.6 is 0 Å². The van der Waals surface area contributed by atoms with Crippen LogP contribution in [0.3, 0.4) is 0 Å². The van der Waals surface area contributed by atoms with Crippen LogP contribution in [0.4, 0.5) is 24.8 Å². The van der Waals surface area contributed by atoms with Crippen LogP contribution in [0.15, 0.2) is 59.8 Å². The van der Waals surface area contributed by atoms with Crippen LogP contribution in [0.5, 0.6) is 0 Å². The minimum atomic E-state index is -4.69. The predicted molar refractivity (Wildman–Crippen MR) is 139 cm³/mol. The van der Waals surface area contributed by atoms with Crippen molar-refractivity contribution in [2.24, 2.45) is 5.41 Å². The highest BCUT2D eigenvalue weighted by Crippen LogP contribution is 2.47. The number of pyridine rings is 2. The van der Waals surface area contributed by atoms with Crippen molar-refractivity contribution in [3.63, 3.8) is 0 Å². The number of anilines is 2. The first-order chi connectivity index (χ1) is 18.4. The highest BCUT2D eigenvalue weighted by molar-refractivity contribution is 7.92. The van der Waals surface area contributed by atoms with Gasteiger partial charge in [0.1, 0.15) is 11.6 Å². The summed E-state index contributed by atoms with van der Waals surface area (Å²) in [4.78, 5) is 21.3. The van der Waals surface area contributed by atoms with E-state index in [9.17, 15) is 31.5 Å². The van der Waals surface area contributed by atoms with Crippen molar-refractivity contribution in [2.45, 2.75) is 49.6 Å². The van der Waals surface area contributed by atoms with E-state index < -0.39 is 33.1 Å². The van der Waals surface area contributed by atoms with Crippen LogP contribution in [-0.2, 0) is 21.0 Å². The van der Waals surface area contributed by atoms with E-state index in [0.717, 1.165) is 24.5 Å². The molecule has 2 N–H and O–H groups in total. The molecule has 3 aromatic rings. The van der Waals surface area contributed by atoms with Gasteiger partial charge in [-0.1, -0.05) is 24.3 Å². The van der Waals surface area contributed by atoms with Crippen molar-refractivity contribution in [3.8, 4) is 11.1 Å². The largest absolute Gasteiger partial charge is 0.481 e. The van der Waals surface area contributed by atoms with Crippen LogP contribution in [0, 0.1) is 5.41 Å². The van der Waals surface area contributed by atoms with Crippen LogP contribution in [0.25, 0.3) is 11.1 Å². The Kier molecular flexibility index (Phi) is 6.78. The number of aromatic nitrogens is 2. The van der Waals surface area contributed by atoms with E-state index >= 15 is 0 Å². The Labute approximate surface area is 224 Å². The molecule has 8 nitrogen and oxygen atoms in total. The zero-order valence-electron chi connectivity index (χ0n) is 21.1. The van der Waals surface area contributed by atoms with Crippen molar-refractivity contribution < 1.29 is 31.5 Å². The highest BCUT2D eigenvalue weighted by Gasteiger charge is 2.39. The van der Waals surface area contributed by atoms with Crippen LogP contribution in [0.2, 0.25) is 0 Å². The second-order valence-electron chi connectivity index (χ2n) is 10.3. The lowest BCUT2D eigenvalue weighted by atomic mass is 9.82. The molecule has 1 saturated heterocycles. The quantitative estimate of drug-likeness (QED) is 0.391. The van der Waals surface area contributed by atoms with Gasteiger partial charge in [-0.15, -0.1) is 0 Å². The van der Waals surface area contributed by atoms with E-state index in [1.165, 1.54) is 18.3 Å². The Morgan fingerprint density at radius 1 is 1.13 bits per heavy atom. The summed E-state index contributed by atoms with van der Waals surface area (Å²) in [5, 5.41) is 9.61. The van der Waals surface area contributed by atoms with Crippen molar-refractivity contribution in [1.82, 2.24) is 9.97 Å². The van der Waals surface area contributed by atoms with Gasteiger partial charge in [0.2, 0.25) is 0 Å². The molecule has 2 aliphatic rings. The second-order valence-corrected chi connectivity index (χ2v) is 12.0. The number of piperidine rings is 1.